The first-order chi connectivity index (χ1) is 9.51. The second-order valence-corrected chi connectivity index (χ2v) is 5.53. The summed E-state index contributed by atoms with van der Waals surface area (Å²) in [5.74, 6) is -1.89. The van der Waals surface area contributed by atoms with E-state index in [0.717, 1.165) is 25.8 Å². The van der Waals surface area contributed by atoms with Crippen LogP contribution in [0.4, 0.5) is 20.7 Å². The molecule has 5 nitrogen and oxygen atoms in total. The van der Waals surface area contributed by atoms with Crippen molar-refractivity contribution in [3.8, 4) is 0 Å². The first-order valence-corrected chi connectivity index (χ1v) is 7.60. The Morgan fingerprint density at radius 1 is 1.10 bits per heavy atom. The van der Waals surface area contributed by atoms with Crippen molar-refractivity contribution in [2.75, 3.05) is 17.2 Å². The van der Waals surface area contributed by atoms with E-state index in [0.29, 0.717) is 23.7 Å². The van der Waals surface area contributed by atoms with Crippen molar-refractivity contribution in [1.82, 2.24) is 15.0 Å². The van der Waals surface area contributed by atoms with Gasteiger partial charge in [-0.1, -0.05) is 19.8 Å². The van der Waals surface area contributed by atoms with Gasteiger partial charge < -0.3 is 10.6 Å². The van der Waals surface area contributed by atoms with Crippen molar-refractivity contribution >= 4 is 23.7 Å². The number of thioether (sulfide) groups is 1. The second-order valence-electron chi connectivity index (χ2n) is 4.58. The van der Waals surface area contributed by atoms with E-state index in [-0.39, 0.29) is 11.2 Å². The number of nitrogens with zero attached hydrogens (tertiary/aromatic N) is 3. The Labute approximate surface area is 122 Å². The van der Waals surface area contributed by atoms with Crippen LogP contribution in [0, 0.1) is 0 Å². The van der Waals surface area contributed by atoms with Crippen LogP contribution in [0.3, 0.4) is 0 Å². The lowest BCUT2D eigenvalue weighted by Gasteiger charge is -2.11. The van der Waals surface area contributed by atoms with Crippen LogP contribution in [0.2, 0.25) is 0 Å². The van der Waals surface area contributed by atoms with Crippen LogP contribution in [0.1, 0.15) is 40.0 Å². The summed E-state index contributed by atoms with van der Waals surface area (Å²) in [4.78, 5) is 12.1. The third kappa shape index (κ3) is 6.83. The fourth-order valence-corrected chi connectivity index (χ4v) is 1.90. The molecule has 0 saturated carbocycles. The number of unbranched alkanes of at least 4 members (excludes halogenated alkanes) is 2. The summed E-state index contributed by atoms with van der Waals surface area (Å²) in [6.45, 7) is 6.69. The molecule has 1 aromatic heterocycles. The van der Waals surface area contributed by atoms with E-state index in [4.69, 9.17) is 0 Å². The third-order valence-electron chi connectivity index (χ3n) is 2.29. The highest BCUT2D eigenvalue weighted by Gasteiger charge is 2.12. The van der Waals surface area contributed by atoms with Gasteiger partial charge in [0, 0.05) is 12.6 Å². The Morgan fingerprint density at radius 2 is 1.80 bits per heavy atom. The minimum absolute atomic E-state index is 0.0242. The smallest absolute Gasteiger partial charge is 0.291 e. The third-order valence-corrected chi connectivity index (χ3v) is 2.86. The molecule has 0 fully saturated rings. The van der Waals surface area contributed by atoms with Gasteiger partial charge >= 0.3 is 0 Å². The molecule has 20 heavy (non-hydrogen) atoms. The Kier molecular flexibility index (Phi) is 7.50. The normalized spacial score (nSPS) is 11.2. The largest absolute Gasteiger partial charge is 0.354 e. The molecule has 0 aliphatic carbocycles. The lowest BCUT2D eigenvalue weighted by Crippen LogP contribution is -2.15. The predicted molar refractivity (Wildman–Crippen MR) is 78.5 cm³/mol. The maximum Gasteiger partial charge on any atom is 0.291 e. The molecular weight excluding hydrogens is 284 g/mol. The molecule has 1 heterocycles. The highest BCUT2D eigenvalue weighted by molar-refractivity contribution is 7.99. The Bertz CT molecular complexity index is 375. The molecule has 0 aliphatic rings. The predicted octanol–water partition coefficient (Wildman–Crippen LogP) is 3.61. The second kappa shape index (κ2) is 8.89. The van der Waals surface area contributed by atoms with Gasteiger partial charge in [0.1, 0.15) is 0 Å². The monoisotopic (exact) mass is 305 g/mol. The van der Waals surface area contributed by atoms with Gasteiger partial charge in [0.2, 0.25) is 11.9 Å². The van der Waals surface area contributed by atoms with Gasteiger partial charge in [-0.25, -0.2) is 0 Å². The minimum Gasteiger partial charge on any atom is -0.354 e. The zero-order valence-corrected chi connectivity index (χ0v) is 12.8. The molecular formula is C12H21F2N5S. The Hall–Kier alpha value is -1.18. The summed E-state index contributed by atoms with van der Waals surface area (Å²) in [5.41, 5.74) is 0. The molecule has 2 N–H and O–H groups in total. The topological polar surface area (TPSA) is 62.7 Å². The van der Waals surface area contributed by atoms with Gasteiger partial charge in [-0.3, -0.25) is 0 Å². The van der Waals surface area contributed by atoms with Crippen molar-refractivity contribution in [3.63, 3.8) is 0 Å². The number of aromatic nitrogens is 3. The van der Waals surface area contributed by atoms with E-state index in [1.54, 1.807) is 0 Å². The van der Waals surface area contributed by atoms with Crippen molar-refractivity contribution in [3.05, 3.63) is 0 Å². The molecule has 0 aliphatic heterocycles. The van der Waals surface area contributed by atoms with Gasteiger partial charge in [0.15, 0.2) is 5.16 Å². The molecule has 1 rings (SSSR count). The number of rotatable bonds is 9. The first kappa shape index (κ1) is 16.9. The SMILES string of the molecule is CCCCCNc1nc(NC(C)C)nc(SC(F)F)n1. The molecule has 0 unspecified atom stereocenters. The average molecular weight is 305 g/mol. The lowest BCUT2D eigenvalue weighted by atomic mass is 10.2. The van der Waals surface area contributed by atoms with Crippen molar-refractivity contribution in [2.24, 2.45) is 0 Å². The van der Waals surface area contributed by atoms with Gasteiger partial charge in [0.25, 0.3) is 5.76 Å². The first-order valence-electron chi connectivity index (χ1n) is 6.72. The fraction of sp³-hybridized carbons (Fsp3) is 0.750. The van der Waals surface area contributed by atoms with E-state index in [1.165, 1.54) is 0 Å². The summed E-state index contributed by atoms with van der Waals surface area (Å²) in [6, 6.07) is 0.120. The molecule has 0 amide bonds. The maximum atomic E-state index is 12.4. The van der Waals surface area contributed by atoms with Crippen LogP contribution in [-0.2, 0) is 0 Å². The average Bonchev–Trinajstić information content (AvgIpc) is 2.32. The van der Waals surface area contributed by atoms with Crippen LogP contribution in [0.25, 0.3) is 0 Å². The van der Waals surface area contributed by atoms with E-state index in [2.05, 4.69) is 32.5 Å². The van der Waals surface area contributed by atoms with Gasteiger partial charge in [-0.2, -0.15) is 23.7 Å². The maximum absolute atomic E-state index is 12.4. The summed E-state index contributed by atoms with van der Waals surface area (Å²) >= 11 is 0.322. The van der Waals surface area contributed by atoms with Gasteiger partial charge in [-0.15, -0.1) is 0 Å². The van der Waals surface area contributed by atoms with Gasteiger partial charge in [-0.05, 0) is 32.0 Å². The fourth-order valence-electron chi connectivity index (χ4n) is 1.47. The number of halogens is 2. The molecule has 1 aromatic rings. The van der Waals surface area contributed by atoms with Crippen LogP contribution in [0.5, 0.6) is 0 Å². The number of anilines is 2. The van der Waals surface area contributed by atoms with E-state index < -0.39 is 5.76 Å². The minimum atomic E-state index is -2.54. The summed E-state index contributed by atoms with van der Waals surface area (Å²) in [5, 5.41) is 6.07. The van der Waals surface area contributed by atoms with E-state index >= 15 is 0 Å². The number of hydrogen-bond donors (Lipinski definition) is 2. The van der Waals surface area contributed by atoms with Crippen molar-refractivity contribution in [2.45, 2.75) is 57.0 Å². The number of nitrogens with one attached hydrogen (secondary N) is 2. The molecule has 0 atom stereocenters. The quantitative estimate of drug-likeness (QED) is 0.537. The van der Waals surface area contributed by atoms with Crippen LogP contribution in [0.15, 0.2) is 5.16 Å². The molecule has 0 radical (unpaired) electrons. The number of alkyl halides is 2. The highest BCUT2D eigenvalue weighted by Crippen LogP contribution is 2.23. The highest BCUT2D eigenvalue weighted by atomic mass is 32.2. The molecule has 0 aromatic carbocycles. The number of hydrogen-bond acceptors (Lipinski definition) is 6. The Balaban J connectivity index is 2.74. The molecule has 114 valence electrons. The van der Waals surface area contributed by atoms with Crippen molar-refractivity contribution < 1.29 is 8.78 Å². The molecule has 0 saturated heterocycles. The van der Waals surface area contributed by atoms with E-state index in [9.17, 15) is 8.78 Å². The van der Waals surface area contributed by atoms with Crippen molar-refractivity contribution in [1.29, 1.82) is 0 Å². The van der Waals surface area contributed by atoms with Gasteiger partial charge in [0.05, 0.1) is 0 Å². The van der Waals surface area contributed by atoms with Crippen LogP contribution in [-0.4, -0.2) is 33.3 Å². The lowest BCUT2D eigenvalue weighted by molar-refractivity contribution is 0.251. The zero-order chi connectivity index (χ0) is 15.0. The zero-order valence-electron chi connectivity index (χ0n) is 12.0. The molecule has 0 bridgehead atoms. The Morgan fingerprint density at radius 3 is 2.40 bits per heavy atom. The van der Waals surface area contributed by atoms with Crippen LogP contribution < -0.4 is 10.6 Å². The standard InChI is InChI=1S/C12H21F2N5S/c1-4-5-6-7-15-10-17-11(16-8(2)3)19-12(18-10)20-9(13)14/h8-9H,4-7H2,1-3H3,(H2,15,16,17,18,19). The molecule has 0 spiro atoms. The summed E-state index contributed by atoms with van der Waals surface area (Å²) in [7, 11) is 0. The molecule has 8 heteroatoms. The van der Waals surface area contributed by atoms with Crippen LogP contribution >= 0.6 is 11.8 Å². The van der Waals surface area contributed by atoms with E-state index in [1.807, 2.05) is 13.8 Å². The summed E-state index contributed by atoms with van der Waals surface area (Å²) in [6.07, 6.45) is 3.21. The summed E-state index contributed by atoms with van der Waals surface area (Å²) < 4.78 is 24.8.